The molecule has 1 heterocycles. The molecule has 0 aromatic carbocycles. The van der Waals surface area contributed by atoms with E-state index in [4.69, 9.17) is 4.74 Å². The highest BCUT2D eigenvalue weighted by atomic mass is 16.5. The Labute approximate surface area is 101 Å². The minimum atomic E-state index is -0.0287. The van der Waals surface area contributed by atoms with Crippen molar-refractivity contribution in [1.82, 2.24) is 10.3 Å². The second kappa shape index (κ2) is 5.77. The number of carbonyl (C=O) groups excluding carboxylic acids is 1. The molecule has 0 spiro atoms. The summed E-state index contributed by atoms with van der Waals surface area (Å²) in [6, 6.07) is 3.83. The van der Waals surface area contributed by atoms with Gasteiger partial charge in [0.1, 0.15) is 0 Å². The number of ether oxygens (including phenoxy) is 1. The molecule has 0 radical (unpaired) electrons. The molecule has 0 bridgehead atoms. The second-order valence-electron chi connectivity index (χ2n) is 4.42. The summed E-state index contributed by atoms with van der Waals surface area (Å²) < 4.78 is 5.31. The lowest BCUT2D eigenvalue weighted by Gasteiger charge is -2.28. The summed E-state index contributed by atoms with van der Waals surface area (Å²) in [7, 11) is 1.75. The Kier molecular flexibility index (Phi) is 4.09. The van der Waals surface area contributed by atoms with Crippen molar-refractivity contribution in [1.29, 1.82) is 0 Å². The van der Waals surface area contributed by atoms with Crippen LogP contribution in [0.4, 0.5) is 0 Å². The van der Waals surface area contributed by atoms with Gasteiger partial charge in [-0.05, 0) is 37.8 Å². The topological polar surface area (TPSA) is 51.2 Å². The maximum atomic E-state index is 11.9. The van der Waals surface area contributed by atoms with Gasteiger partial charge in [-0.2, -0.15) is 0 Å². The lowest BCUT2D eigenvalue weighted by Crippen LogP contribution is -2.38. The maximum absolute atomic E-state index is 11.9. The average molecular weight is 234 g/mol. The summed E-state index contributed by atoms with van der Waals surface area (Å²) in [5, 5.41) is 3.05. The number of rotatable bonds is 3. The summed E-state index contributed by atoms with van der Waals surface area (Å²) in [6.07, 6.45) is 7.65. The van der Waals surface area contributed by atoms with Gasteiger partial charge in [0.25, 0.3) is 5.91 Å². The van der Waals surface area contributed by atoms with E-state index < -0.39 is 0 Å². The van der Waals surface area contributed by atoms with Gasteiger partial charge in [0.15, 0.2) is 0 Å². The van der Waals surface area contributed by atoms with Crippen molar-refractivity contribution < 1.29 is 9.53 Å². The number of nitrogens with one attached hydrogen (secondary N) is 1. The summed E-state index contributed by atoms with van der Waals surface area (Å²) in [5.41, 5.74) is 0.626. The molecule has 1 saturated carbocycles. The van der Waals surface area contributed by atoms with E-state index in [-0.39, 0.29) is 11.9 Å². The Morgan fingerprint density at radius 2 is 2.18 bits per heavy atom. The van der Waals surface area contributed by atoms with Gasteiger partial charge in [0.05, 0.1) is 11.7 Å². The molecule has 0 atom stereocenters. The molecule has 0 saturated heterocycles. The van der Waals surface area contributed by atoms with Crippen LogP contribution in [0.25, 0.3) is 0 Å². The molecule has 1 amide bonds. The molecular formula is C13H18N2O2. The van der Waals surface area contributed by atoms with Crippen molar-refractivity contribution in [3.8, 4) is 0 Å². The normalized spacial score (nSPS) is 24.3. The van der Waals surface area contributed by atoms with E-state index in [2.05, 4.69) is 10.3 Å². The number of amides is 1. The zero-order chi connectivity index (χ0) is 12.1. The SMILES string of the molecule is COC1CCC(NC(=O)c2cccnc2)CC1. The molecular weight excluding hydrogens is 216 g/mol. The standard InChI is InChI=1S/C13H18N2O2/c1-17-12-6-4-11(5-7-12)15-13(16)10-3-2-8-14-9-10/h2-3,8-9,11-12H,4-7H2,1H3,(H,15,16). The molecule has 1 aromatic rings. The zero-order valence-electron chi connectivity index (χ0n) is 10.1. The Morgan fingerprint density at radius 1 is 1.41 bits per heavy atom. The highest BCUT2D eigenvalue weighted by Crippen LogP contribution is 2.20. The molecule has 1 aliphatic rings. The number of aromatic nitrogens is 1. The number of methoxy groups -OCH3 is 1. The third-order valence-electron chi connectivity index (χ3n) is 3.27. The summed E-state index contributed by atoms with van der Waals surface area (Å²) >= 11 is 0. The van der Waals surface area contributed by atoms with Crippen molar-refractivity contribution in [3.05, 3.63) is 30.1 Å². The van der Waals surface area contributed by atoms with Crippen molar-refractivity contribution in [2.45, 2.75) is 37.8 Å². The number of hydrogen-bond acceptors (Lipinski definition) is 3. The van der Waals surface area contributed by atoms with Crippen LogP contribution in [0, 0.1) is 0 Å². The molecule has 1 fully saturated rings. The molecule has 4 nitrogen and oxygen atoms in total. The van der Waals surface area contributed by atoms with E-state index in [0.29, 0.717) is 11.7 Å². The predicted molar refractivity (Wildman–Crippen MR) is 64.8 cm³/mol. The zero-order valence-corrected chi connectivity index (χ0v) is 10.1. The first-order valence-electron chi connectivity index (χ1n) is 6.03. The number of pyridine rings is 1. The van der Waals surface area contributed by atoms with Crippen LogP contribution in [0.1, 0.15) is 36.0 Å². The van der Waals surface area contributed by atoms with Crippen molar-refractivity contribution in [2.24, 2.45) is 0 Å². The van der Waals surface area contributed by atoms with E-state index in [1.165, 1.54) is 0 Å². The van der Waals surface area contributed by atoms with Gasteiger partial charge in [0.2, 0.25) is 0 Å². The smallest absolute Gasteiger partial charge is 0.253 e. The molecule has 92 valence electrons. The fraction of sp³-hybridized carbons (Fsp3) is 0.538. The van der Waals surface area contributed by atoms with Crippen LogP contribution < -0.4 is 5.32 Å². The molecule has 1 N–H and O–H groups in total. The minimum absolute atomic E-state index is 0.0287. The molecule has 17 heavy (non-hydrogen) atoms. The number of nitrogens with zero attached hydrogens (tertiary/aromatic N) is 1. The van der Waals surface area contributed by atoms with Crippen LogP contribution in [0.15, 0.2) is 24.5 Å². The van der Waals surface area contributed by atoms with E-state index in [1.54, 1.807) is 31.6 Å². The van der Waals surface area contributed by atoms with Gasteiger partial charge in [-0.25, -0.2) is 0 Å². The Hall–Kier alpha value is -1.42. The first-order valence-corrected chi connectivity index (χ1v) is 6.03. The van der Waals surface area contributed by atoms with E-state index in [9.17, 15) is 4.79 Å². The minimum Gasteiger partial charge on any atom is -0.381 e. The highest BCUT2D eigenvalue weighted by Gasteiger charge is 2.22. The van der Waals surface area contributed by atoms with Crippen LogP contribution in [0.3, 0.4) is 0 Å². The Bertz CT molecular complexity index is 359. The first kappa shape index (κ1) is 12.0. The molecule has 4 heteroatoms. The van der Waals surface area contributed by atoms with Crippen molar-refractivity contribution in [2.75, 3.05) is 7.11 Å². The molecule has 0 unspecified atom stereocenters. The van der Waals surface area contributed by atoms with Gasteiger partial charge in [-0.1, -0.05) is 0 Å². The monoisotopic (exact) mass is 234 g/mol. The van der Waals surface area contributed by atoms with Gasteiger partial charge >= 0.3 is 0 Å². The quantitative estimate of drug-likeness (QED) is 0.867. The third-order valence-corrected chi connectivity index (χ3v) is 3.27. The summed E-state index contributed by atoms with van der Waals surface area (Å²) in [5.74, 6) is -0.0287. The van der Waals surface area contributed by atoms with E-state index in [0.717, 1.165) is 25.7 Å². The summed E-state index contributed by atoms with van der Waals surface area (Å²) in [4.78, 5) is 15.8. The number of hydrogen-bond donors (Lipinski definition) is 1. The second-order valence-corrected chi connectivity index (χ2v) is 4.42. The largest absolute Gasteiger partial charge is 0.381 e. The first-order chi connectivity index (χ1) is 8.29. The van der Waals surface area contributed by atoms with Crippen molar-refractivity contribution in [3.63, 3.8) is 0 Å². The Balaban J connectivity index is 1.84. The van der Waals surface area contributed by atoms with Crippen LogP contribution in [-0.2, 0) is 4.74 Å². The van der Waals surface area contributed by atoms with Crippen LogP contribution in [-0.4, -0.2) is 30.1 Å². The fourth-order valence-electron chi connectivity index (χ4n) is 2.21. The van der Waals surface area contributed by atoms with Gasteiger partial charge < -0.3 is 10.1 Å². The van der Waals surface area contributed by atoms with E-state index >= 15 is 0 Å². The number of carbonyl (C=O) groups is 1. The van der Waals surface area contributed by atoms with Gasteiger partial charge in [-0.15, -0.1) is 0 Å². The van der Waals surface area contributed by atoms with Crippen LogP contribution in [0.5, 0.6) is 0 Å². The molecule has 2 rings (SSSR count). The lowest BCUT2D eigenvalue weighted by atomic mass is 9.93. The highest BCUT2D eigenvalue weighted by molar-refractivity contribution is 5.93. The van der Waals surface area contributed by atoms with Gasteiger partial charge in [-0.3, -0.25) is 9.78 Å². The predicted octanol–water partition coefficient (Wildman–Crippen LogP) is 1.77. The van der Waals surface area contributed by atoms with Crippen molar-refractivity contribution >= 4 is 5.91 Å². The lowest BCUT2D eigenvalue weighted by molar-refractivity contribution is 0.0599. The fourth-order valence-corrected chi connectivity index (χ4v) is 2.21. The van der Waals surface area contributed by atoms with Gasteiger partial charge in [0, 0.05) is 25.5 Å². The summed E-state index contributed by atoms with van der Waals surface area (Å²) in [6.45, 7) is 0. The van der Waals surface area contributed by atoms with Crippen LogP contribution >= 0.6 is 0 Å². The van der Waals surface area contributed by atoms with E-state index in [1.807, 2.05) is 0 Å². The molecule has 1 aromatic heterocycles. The average Bonchev–Trinajstić information content (AvgIpc) is 2.40. The molecule has 1 aliphatic carbocycles. The maximum Gasteiger partial charge on any atom is 0.253 e. The third kappa shape index (κ3) is 3.27. The Morgan fingerprint density at radius 3 is 2.76 bits per heavy atom. The van der Waals surface area contributed by atoms with Crippen LogP contribution in [0.2, 0.25) is 0 Å². The molecule has 0 aliphatic heterocycles.